The molecule has 1 aromatic heterocycles. The highest BCUT2D eigenvalue weighted by molar-refractivity contribution is 5.79. The third-order valence-electron chi connectivity index (χ3n) is 3.63. The van der Waals surface area contributed by atoms with Crippen LogP contribution >= 0.6 is 0 Å². The van der Waals surface area contributed by atoms with Crippen molar-refractivity contribution in [3.63, 3.8) is 0 Å². The van der Waals surface area contributed by atoms with Crippen molar-refractivity contribution in [1.29, 1.82) is 0 Å². The largest absolute Gasteiger partial charge is 0.399 e. The number of nitrogens with two attached hydrogens (primary N) is 1. The maximum atomic E-state index is 5.86. The lowest BCUT2D eigenvalue weighted by atomic mass is 10.2. The summed E-state index contributed by atoms with van der Waals surface area (Å²) in [4.78, 5) is 4.74. The van der Waals surface area contributed by atoms with E-state index in [-0.39, 0.29) is 0 Å². The molecule has 21 heavy (non-hydrogen) atoms. The molecule has 0 amide bonds. The summed E-state index contributed by atoms with van der Waals surface area (Å²) in [6.45, 7) is 9.17. The average Bonchev–Trinajstić information content (AvgIpc) is 2.80. The van der Waals surface area contributed by atoms with Gasteiger partial charge in [0.15, 0.2) is 0 Å². The fraction of sp³-hybridized carbons (Fsp3) is 0.588. The van der Waals surface area contributed by atoms with Gasteiger partial charge in [-0.25, -0.2) is 4.98 Å². The van der Waals surface area contributed by atoms with Crippen molar-refractivity contribution < 1.29 is 4.74 Å². The maximum absolute atomic E-state index is 5.86. The summed E-state index contributed by atoms with van der Waals surface area (Å²) >= 11 is 0. The molecule has 0 aliphatic rings. The molecule has 4 nitrogen and oxygen atoms in total. The number of fused-ring (bicyclic) bond motifs is 1. The van der Waals surface area contributed by atoms with Gasteiger partial charge in [0.05, 0.1) is 11.0 Å². The number of aromatic nitrogens is 2. The summed E-state index contributed by atoms with van der Waals surface area (Å²) in [6, 6.07) is 5.97. The van der Waals surface area contributed by atoms with Gasteiger partial charge in [0.2, 0.25) is 0 Å². The van der Waals surface area contributed by atoms with Crippen LogP contribution in [0.1, 0.15) is 51.8 Å². The monoisotopic (exact) mass is 289 g/mol. The van der Waals surface area contributed by atoms with Crippen LogP contribution in [0.5, 0.6) is 0 Å². The van der Waals surface area contributed by atoms with Crippen LogP contribution in [0, 0.1) is 0 Å². The number of anilines is 1. The summed E-state index contributed by atoms with van der Waals surface area (Å²) in [6.07, 6.45) is 3.34. The van der Waals surface area contributed by atoms with Crippen LogP contribution in [0.15, 0.2) is 18.2 Å². The zero-order valence-corrected chi connectivity index (χ0v) is 13.4. The smallest absolute Gasteiger partial charge is 0.112 e. The van der Waals surface area contributed by atoms with Gasteiger partial charge < -0.3 is 15.0 Å². The minimum Gasteiger partial charge on any atom is -0.399 e. The summed E-state index contributed by atoms with van der Waals surface area (Å²) in [5.41, 5.74) is 8.79. The summed E-state index contributed by atoms with van der Waals surface area (Å²) < 4.78 is 7.96. The first-order chi connectivity index (χ1) is 10.1. The minimum atomic E-state index is 0.402. The van der Waals surface area contributed by atoms with Crippen LogP contribution in [0.3, 0.4) is 0 Å². The maximum Gasteiger partial charge on any atom is 0.112 e. The molecule has 0 fully saturated rings. The van der Waals surface area contributed by atoms with Crippen LogP contribution in [-0.4, -0.2) is 22.8 Å². The fourth-order valence-electron chi connectivity index (χ4n) is 2.51. The van der Waals surface area contributed by atoms with E-state index < -0.39 is 0 Å². The van der Waals surface area contributed by atoms with Gasteiger partial charge in [-0.2, -0.15) is 0 Å². The van der Waals surface area contributed by atoms with Crippen molar-refractivity contribution in [2.75, 3.05) is 18.9 Å². The topological polar surface area (TPSA) is 53.1 Å². The van der Waals surface area contributed by atoms with Gasteiger partial charge in [-0.3, -0.25) is 0 Å². The van der Waals surface area contributed by atoms with Crippen molar-refractivity contribution in [2.24, 2.45) is 0 Å². The molecule has 0 atom stereocenters. The van der Waals surface area contributed by atoms with E-state index in [1.807, 2.05) is 12.1 Å². The van der Waals surface area contributed by atoms with Crippen molar-refractivity contribution in [3.05, 3.63) is 24.0 Å². The van der Waals surface area contributed by atoms with E-state index in [0.29, 0.717) is 5.92 Å². The van der Waals surface area contributed by atoms with Crippen molar-refractivity contribution in [1.82, 2.24) is 9.55 Å². The second kappa shape index (κ2) is 7.46. The Hall–Kier alpha value is -1.55. The molecule has 2 aromatic rings. The molecule has 1 heterocycles. The van der Waals surface area contributed by atoms with Gasteiger partial charge in [0.25, 0.3) is 0 Å². The molecule has 0 aliphatic heterocycles. The Morgan fingerprint density at radius 1 is 1.24 bits per heavy atom. The van der Waals surface area contributed by atoms with Crippen molar-refractivity contribution in [3.8, 4) is 0 Å². The van der Waals surface area contributed by atoms with E-state index in [4.69, 9.17) is 15.5 Å². The Morgan fingerprint density at radius 3 is 2.71 bits per heavy atom. The van der Waals surface area contributed by atoms with E-state index in [1.54, 1.807) is 0 Å². The lowest BCUT2D eigenvalue weighted by Crippen LogP contribution is -2.08. The lowest BCUT2D eigenvalue weighted by molar-refractivity contribution is 0.126. The second-order valence-corrected chi connectivity index (χ2v) is 5.84. The standard InChI is InChI=1S/C17H27N3O/c1-4-5-10-21-11-6-9-20-16-8-7-14(18)12-15(16)19-17(20)13(2)3/h7-8,12-13H,4-6,9-11,18H2,1-3H3. The third-order valence-corrected chi connectivity index (χ3v) is 3.63. The Bertz CT molecular complexity index is 575. The number of imidazole rings is 1. The van der Waals surface area contributed by atoms with Gasteiger partial charge in [0.1, 0.15) is 5.82 Å². The Labute approximate surface area is 127 Å². The summed E-state index contributed by atoms with van der Waals surface area (Å²) in [5.74, 6) is 1.53. The van der Waals surface area contributed by atoms with Gasteiger partial charge in [-0.15, -0.1) is 0 Å². The second-order valence-electron chi connectivity index (χ2n) is 5.84. The first kappa shape index (κ1) is 15.8. The highest BCUT2D eigenvalue weighted by Gasteiger charge is 2.13. The first-order valence-corrected chi connectivity index (χ1v) is 7.97. The van der Waals surface area contributed by atoms with Crippen LogP contribution in [0.25, 0.3) is 11.0 Å². The number of benzene rings is 1. The molecule has 2 N–H and O–H groups in total. The van der Waals surface area contributed by atoms with Crippen molar-refractivity contribution >= 4 is 16.7 Å². The minimum absolute atomic E-state index is 0.402. The van der Waals surface area contributed by atoms with E-state index in [0.717, 1.165) is 49.6 Å². The Kier molecular flexibility index (Phi) is 5.62. The van der Waals surface area contributed by atoms with Crippen LogP contribution in [0.4, 0.5) is 5.69 Å². The van der Waals surface area contributed by atoms with Crippen LogP contribution < -0.4 is 5.73 Å². The van der Waals surface area contributed by atoms with Crippen molar-refractivity contribution in [2.45, 2.75) is 52.5 Å². The highest BCUT2D eigenvalue weighted by atomic mass is 16.5. The Morgan fingerprint density at radius 2 is 2.00 bits per heavy atom. The van der Waals surface area contributed by atoms with Gasteiger partial charge >= 0.3 is 0 Å². The molecule has 0 radical (unpaired) electrons. The molecule has 0 saturated carbocycles. The molecule has 0 spiro atoms. The fourth-order valence-corrected chi connectivity index (χ4v) is 2.51. The number of ether oxygens (including phenoxy) is 1. The van der Waals surface area contributed by atoms with E-state index in [1.165, 1.54) is 11.9 Å². The molecule has 1 aromatic carbocycles. The first-order valence-electron chi connectivity index (χ1n) is 7.97. The molecular formula is C17H27N3O. The number of nitrogens with zero attached hydrogens (tertiary/aromatic N) is 2. The number of nitrogen functional groups attached to an aromatic ring is 1. The molecule has 0 aliphatic carbocycles. The van der Waals surface area contributed by atoms with Gasteiger partial charge in [0, 0.05) is 31.4 Å². The summed E-state index contributed by atoms with van der Waals surface area (Å²) in [5, 5.41) is 0. The molecule has 0 saturated heterocycles. The number of rotatable bonds is 8. The number of aryl methyl sites for hydroxylation is 1. The molecular weight excluding hydrogens is 262 g/mol. The SMILES string of the molecule is CCCCOCCCn1c(C(C)C)nc2cc(N)ccc21. The zero-order valence-electron chi connectivity index (χ0n) is 13.4. The molecule has 2 rings (SSSR count). The molecule has 116 valence electrons. The molecule has 0 unspecified atom stereocenters. The lowest BCUT2D eigenvalue weighted by Gasteiger charge is -2.11. The number of hydrogen-bond donors (Lipinski definition) is 1. The zero-order chi connectivity index (χ0) is 15.2. The molecule has 4 heteroatoms. The average molecular weight is 289 g/mol. The number of hydrogen-bond acceptors (Lipinski definition) is 3. The third kappa shape index (κ3) is 3.97. The van der Waals surface area contributed by atoms with E-state index in [2.05, 4.69) is 31.4 Å². The predicted molar refractivity (Wildman–Crippen MR) is 88.6 cm³/mol. The van der Waals surface area contributed by atoms with Gasteiger partial charge in [-0.05, 0) is 31.0 Å². The highest BCUT2D eigenvalue weighted by Crippen LogP contribution is 2.23. The quantitative estimate of drug-likeness (QED) is 0.591. The van der Waals surface area contributed by atoms with E-state index >= 15 is 0 Å². The molecule has 0 bridgehead atoms. The number of unbranched alkanes of at least 4 members (excludes halogenated alkanes) is 1. The van der Waals surface area contributed by atoms with E-state index in [9.17, 15) is 0 Å². The van der Waals surface area contributed by atoms with Gasteiger partial charge in [-0.1, -0.05) is 27.2 Å². The summed E-state index contributed by atoms with van der Waals surface area (Å²) in [7, 11) is 0. The van der Waals surface area contributed by atoms with Crippen LogP contribution in [0.2, 0.25) is 0 Å². The normalized spacial score (nSPS) is 11.6. The Balaban J connectivity index is 2.08. The predicted octanol–water partition coefficient (Wildman–Crippen LogP) is 3.95. The van der Waals surface area contributed by atoms with Crippen LogP contribution in [-0.2, 0) is 11.3 Å².